The lowest BCUT2D eigenvalue weighted by atomic mass is 10.1. The van der Waals surface area contributed by atoms with Crippen molar-refractivity contribution in [1.82, 2.24) is 4.90 Å². The van der Waals surface area contributed by atoms with Gasteiger partial charge in [0, 0.05) is 50.9 Å². The molecule has 2 saturated heterocycles. The van der Waals surface area contributed by atoms with Gasteiger partial charge in [-0.3, -0.25) is 9.59 Å². The fourth-order valence-electron chi connectivity index (χ4n) is 4.31. The van der Waals surface area contributed by atoms with Crippen molar-refractivity contribution in [2.75, 3.05) is 49.3 Å². The Hall–Kier alpha value is -3.29. The molecular formula is C22H22FN3O4. The molecule has 2 aromatic carbocycles. The molecule has 0 aromatic heterocycles. The number of carbonyl (C=O) groups is 2. The first-order valence-electron chi connectivity index (χ1n) is 10.1. The van der Waals surface area contributed by atoms with E-state index in [1.54, 1.807) is 34.1 Å². The summed E-state index contributed by atoms with van der Waals surface area (Å²) in [6.45, 7) is 2.69. The van der Waals surface area contributed by atoms with E-state index < -0.39 is 0 Å². The molecule has 0 N–H and O–H groups in total. The quantitative estimate of drug-likeness (QED) is 0.776. The lowest BCUT2D eigenvalue weighted by Gasteiger charge is -2.37. The smallest absolute Gasteiger partial charge is 0.231 e. The number of halogens is 1. The van der Waals surface area contributed by atoms with Crippen molar-refractivity contribution in [2.24, 2.45) is 5.92 Å². The number of amides is 2. The zero-order valence-corrected chi connectivity index (χ0v) is 16.4. The zero-order chi connectivity index (χ0) is 20.7. The molecule has 156 valence electrons. The van der Waals surface area contributed by atoms with Crippen LogP contribution in [0.1, 0.15) is 6.42 Å². The summed E-state index contributed by atoms with van der Waals surface area (Å²) in [7, 11) is 0. The minimum Gasteiger partial charge on any atom is -0.454 e. The summed E-state index contributed by atoms with van der Waals surface area (Å²) in [5, 5.41) is 0. The number of hydrogen-bond donors (Lipinski definition) is 0. The Balaban J connectivity index is 1.22. The third-order valence-corrected chi connectivity index (χ3v) is 5.93. The number of nitrogens with zero attached hydrogens (tertiary/aromatic N) is 3. The molecule has 2 aromatic rings. The first kappa shape index (κ1) is 18.7. The van der Waals surface area contributed by atoms with Gasteiger partial charge in [-0.1, -0.05) is 12.1 Å². The van der Waals surface area contributed by atoms with Gasteiger partial charge in [0.15, 0.2) is 11.5 Å². The highest BCUT2D eigenvalue weighted by molar-refractivity contribution is 6.00. The molecule has 0 radical (unpaired) electrons. The monoisotopic (exact) mass is 411 g/mol. The Morgan fingerprint density at radius 1 is 1.00 bits per heavy atom. The lowest BCUT2D eigenvalue weighted by molar-refractivity contribution is -0.136. The number of benzene rings is 2. The molecule has 7 nitrogen and oxygen atoms in total. The maximum Gasteiger partial charge on any atom is 0.231 e. The predicted octanol–water partition coefficient (Wildman–Crippen LogP) is 2.26. The van der Waals surface area contributed by atoms with Crippen LogP contribution in [0.4, 0.5) is 15.8 Å². The third kappa shape index (κ3) is 3.32. The van der Waals surface area contributed by atoms with Crippen molar-refractivity contribution in [3.8, 4) is 11.5 Å². The van der Waals surface area contributed by atoms with Crippen LogP contribution in [0.25, 0.3) is 0 Å². The average Bonchev–Trinajstić information content (AvgIpc) is 3.39. The number of fused-ring (bicyclic) bond motifs is 1. The van der Waals surface area contributed by atoms with Crippen LogP contribution in [-0.4, -0.2) is 56.2 Å². The molecule has 2 amide bonds. The fraction of sp³-hybridized carbons (Fsp3) is 0.364. The molecule has 8 heteroatoms. The number of carbonyl (C=O) groups excluding carboxylic acids is 2. The summed E-state index contributed by atoms with van der Waals surface area (Å²) in [5.74, 6) is 0.558. The molecule has 0 saturated carbocycles. The van der Waals surface area contributed by atoms with Crippen molar-refractivity contribution in [3.05, 3.63) is 48.3 Å². The topological polar surface area (TPSA) is 62.3 Å². The summed E-state index contributed by atoms with van der Waals surface area (Å²) in [5.41, 5.74) is 1.28. The Labute approximate surface area is 173 Å². The molecule has 0 bridgehead atoms. The number of hydrogen-bond acceptors (Lipinski definition) is 5. The van der Waals surface area contributed by atoms with Crippen molar-refractivity contribution in [1.29, 1.82) is 0 Å². The van der Waals surface area contributed by atoms with Gasteiger partial charge in [-0.25, -0.2) is 4.39 Å². The summed E-state index contributed by atoms with van der Waals surface area (Å²) >= 11 is 0. The first-order valence-corrected chi connectivity index (χ1v) is 10.1. The Bertz CT molecular complexity index is 990. The van der Waals surface area contributed by atoms with Crippen LogP contribution in [0.2, 0.25) is 0 Å². The predicted molar refractivity (Wildman–Crippen MR) is 108 cm³/mol. The van der Waals surface area contributed by atoms with Crippen molar-refractivity contribution in [2.45, 2.75) is 6.42 Å². The summed E-state index contributed by atoms with van der Waals surface area (Å²) in [4.78, 5) is 31.0. The summed E-state index contributed by atoms with van der Waals surface area (Å²) in [6, 6.07) is 12.0. The fourth-order valence-corrected chi connectivity index (χ4v) is 4.31. The second-order valence-corrected chi connectivity index (χ2v) is 7.71. The maximum atomic E-state index is 14.0. The van der Waals surface area contributed by atoms with E-state index in [1.807, 2.05) is 17.0 Å². The number of rotatable bonds is 3. The average molecular weight is 411 g/mol. The third-order valence-electron chi connectivity index (χ3n) is 5.93. The number of ether oxygens (including phenoxy) is 2. The van der Waals surface area contributed by atoms with Crippen LogP contribution in [0.5, 0.6) is 11.5 Å². The molecule has 0 spiro atoms. The molecule has 3 aliphatic rings. The minimum absolute atomic E-state index is 0.0141. The van der Waals surface area contributed by atoms with Gasteiger partial charge in [0.1, 0.15) is 5.82 Å². The largest absolute Gasteiger partial charge is 0.454 e. The van der Waals surface area contributed by atoms with Crippen molar-refractivity contribution < 1.29 is 23.5 Å². The number of anilines is 2. The first-order chi connectivity index (χ1) is 14.6. The molecular weight excluding hydrogens is 389 g/mol. The molecule has 2 fully saturated rings. The van der Waals surface area contributed by atoms with Crippen LogP contribution >= 0.6 is 0 Å². The SMILES string of the molecule is O=C(C1CC(=O)N(c2ccc3c(c2)OCO3)C1)N1CCN(c2ccccc2F)CC1. The van der Waals surface area contributed by atoms with E-state index in [4.69, 9.17) is 9.47 Å². The highest BCUT2D eigenvalue weighted by atomic mass is 19.1. The van der Waals surface area contributed by atoms with Crippen LogP contribution in [-0.2, 0) is 9.59 Å². The van der Waals surface area contributed by atoms with E-state index in [0.29, 0.717) is 55.6 Å². The van der Waals surface area contributed by atoms with E-state index in [0.717, 1.165) is 0 Å². The second-order valence-electron chi connectivity index (χ2n) is 7.71. The Morgan fingerprint density at radius 2 is 1.77 bits per heavy atom. The van der Waals surface area contributed by atoms with E-state index in [9.17, 15) is 14.0 Å². The van der Waals surface area contributed by atoms with Crippen molar-refractivity contribution >= 4 is 23.2 Å². The van der Waals surface area contributed by atoms with E-state index >= 15 is 0 Å². The maximum absolute atomic E-state index is 14.0. The number of para-hydroxylation sites is 1. The standard InChI is InChI=1S/C22H22FN3O4/c23-17-3-1-2-4-18(17)24-7-9-25(10-8-24)22(28)15-11-21(27)26(13-15)16-5-6-19-20(12-16)30-14-29-19/h1-6,12,15H,7-11,13-14H2. The van der Waals surface area contributed by atoms with E-state index in [-0.39, 0.29) is 36.8 Å². The van der Waals surface area contributed by atoms with Gasteiger partial charge in [-0.15, -0.1) is 0 Å². The van der Waals surface area contributed by atoms with Gasteiger partial charge in [-0.2, -0.15) is 0 Å². The van der Waals surface area contributed by atoms with Gasteiger partial charge in [0.2, 0.25) is 18.6 Å². The molecule has 0 aliphatic carbocycles. The van der Waals surface area contributed by atoms with E-state index in [1.165, 1.54) is 6.07 Å². The number of piperazine rings is 1. The molecule has 5 rings (SSSR count). The summed E-state index contributed by atoms with van der Waals surface area (Å²) < 4.78 is 24.7. The summed E-state index contributed by atoms with van der Waals surface area (Å²) in [6.07, 6.45) is 0.195. The van der Waals surface area contributed by atoms with Crippen molar-refractivity contribution in [3.63, 3.8) is 0 Å². The molecule has 1 unspecified atom stereocenters. The van der Waals surface area contributed by atoms with Gasteiger partial charge >= 0.3 is 0 Å². The van der Waals surface area contributed by atoms with Crippen LogP contribution in [0, 0.1) is 11.7 Å². The van der Waals surface area contributed by atoms with Crippen LogP contribution < -0.4 is 19.3 Å². The zero-order valence-electron chi connectivity index (χ0n) is 16.4. The van der Waals surface area contributed by atoms with Gasteiger partial charge in [-0.05, 0) is 24.3 Å². The van der Waals surface area contributed by atoms with Gasteiger partial charge in [0.25, 0.3) is 0 Å². The Kier molecular flexibility index (Phi) is 4.69. The minimum atomic E-state index is -0.372. The van der Waals surface area contributed by atoms with Crippen LogP contribution in [0.15, 0.2) is 42.5 Å². The second kappa shape index (κ2) is 7.51. The Morgan fingerprint density at radius 3 is 2.57 bits per heavy atom. The molecule has 3 aliphatic heterocycles. The highest BCUT2D eigenvalue weighted by Gasteiger charge is 2.38. The van der Waals surface area contributed by atoms with E-state index in [2.05, 4.69) is 0 Å². The molecule has 30 heavy (non-hydrogen) atoms. The molecule has 3 heterocycles. The van der Waals surface area contributed by atoms with Crippen LogP contribution in [0.3, 0.4) is 0 Å². The van der Waals surface area contributed by atoms with Gasteiger partial charge < -0.3 is 24.2 Å². The normalized spacial score (nSPS) is 20.8. The lowest BCUT2D eigenvalue weighted by Crippen LogP contribution is -2.51. The molecule has 1 atom stereocenters. The van der Waals surface area contributed by atoms with Gasteiger partial charge in [0.05, 0.1) is 11.6 Å². The highest BCUT2D eigenvalue weighted by Crippen LogP contribution is 2.37.